The Balaban J connectivity index is 1.87. The van der Waals surface area contributed by atoms with Gasteiger partial charge in [0.1, 0.15) is 5.75 Å². The standard InChI is InChI=1S/C19H30N2O2/c1-4-12-21(17-7-10-20-11-8-17)19(22)9-13-23-18-14-15(2)5-6-16(18)3/h5-6,14,17,20H,4,7-13H2,1-3H3. The Bertz CT molecular complexity index is 510. The quantitative estimate of drug-likeness (QED) is 0.840. The predicted octanol–water partition coefficient (Wildman–Crippen LogP) is 3.06. The third kappa shape index (κ3) is 5.24. The number of carbonyl (C=O) groups excluding carboxylic acids is 1. The van der Waals surface area contributed by atoms with Gasteiger partial charge in [-0.3, -0.25) is 4.79 Å². The maximum Gasteiger partial charge on any atom is 0.226 e. The lowest BCUT2D eigenvalue weighted by atomic mass is 10.0. The number of nitrogens with zero attached hydrogens (tertiary/aromatic N) is 1. The molecule has 0 atom stereocenters. The van der Waals surface area contributed by atoms with E-state index in [1.165, 1.54) is 5.56 Å². The molecule has 1 fully saturated rings. The van der Waals surface area contributed by atoms with Crippen LogP contribution < -0.4 is 10.1 Å². The number of hydrogen-bond donors (Lipinski definition) is 1. The van der Waals surface area contributed by atoms with Gasteiger partial charge in [-0.1, -0.05) is 19.1 Å². The molecule has 0 radical (unpaired) electrons. The van der Waals surface area contributed by atoms with E-state index in [1.54, 1.807) is 0 Å². The second-order valence-electron chi connectivity index (χ2n) is 6.44. The van der Waals surface area contributed by atoms with E-state index < -0.39 is 0 Å². The number of hydrogen-bond acceptors (Lipinski definition) is 3. The molecule has 0 aromatic heterocycles. The monoisotopic (exact) mass is 318 g/mol. The topological polar surface area (TPSA) is 41.6 Å². The summed E-state index contributed by atoms with van der Waals surface area (Å²) >= 11 is 0. The van der Waals surface area contributed by atoms with Crippen molar-refractivity contribution in [2.45, 2.75) is 52.5 Å². The molecule has 4 nitrogen and oxygen atoms in total. The van der Waals surface area contributed by atoms with Crippen LogP contribution in [0.3, 0.4) is 0 Å². The average molecular weight is 318 g/mol. The molecule has 0 aliphatic carbocycles. The fourth-order valence-corrected chi connectivity index (χ4v) is 3.12. The molecule has 128 valence electrons. The molecule has 1 amide bonds. The summed E-state index contributed by atoms with van der Waals surface area (Å²) < 4.78 is 5.84. The zero-order valence-corrected chi connectivity index (χ0v) is 14.7. The van der Waals surface area contributed by atoms with E-state index in [-0.39, 0.29) is 5.91 Å². The zero-order chi connectivity index (χ0) is 16.7. The number of amides is 1. The number of nitrogens with one attached hydrogen (secondary N) is 1. The van der Waals surface area contributed by atoms with E-state index in [1.807, 2.05) is 13.0 Å². The van der Waals surface area contributed by atoms with E-state index in [4.69, 9.17) is 4.74 Å². The summed E-state index contributed by atoms with van der Waals surface area (Å²) in [6, 6.07) is 6.57. The Morgan fingerprint density at radius 2 is 2.04 bits per heavy atom. The summed E-state index contributed by atoms with van der Waals surface area (Å²) in [4.78, 5) is 14.7. The third-order valence-corrected chi connectivity index (χ3v) is 4.45. The minimum Gasteiger partial charge on any atom is -0.493 e. The normalized spacial score (nSPS) is 15.4. The van der Waals surface area contributed by atoms with Crippen molar-refractivity contribution in [3.05, 3.63) is 29.3 Å². The number of aryl methyl sites for hydroxylation is 2. The number of ether oxygens (including phenoxy) is 1. The van der Waals surface area contributed by atoms with Gasteiger partial charge in [0.2, 0.25) is 5.91 Å². The number of carbonyl (C=O) groups is 1. The highest BCUT2D eigenvalue weighted by molar-refractivity contribution is 5.76. The van der Waals surface area contributed by atoms with Gasteiger partial charge in [0.25, 0.3) is 0 Å². The molecule has 1 aliphatic heterocycles. The Morgan fingerprint density at radius 3 is 2.74 bits per heavy atom. The summed E-state index contributed by atoms with van der Waals surface area (Å²) in [5.41, 5.74) is 2.30. The Kier molecular flexibility index (Phi) is 6.90. The molecular formula is C19H30N2O2. The first kappa shape index (κ1) is 17.8. The Hall–Kier alpha value is -1.55. The highest BCUT2D eigenvalue weighted by atomic mass is 16.5. The van der Waals surface area contributed by atoms with Gasteiger partial charge >= 0.3 is 0 Å². The van der Waals surface area contributed by atoms with Crippen molar-refractivity contribution in [1.82, 2.24) is 10.2 Å². The van der Waals surface area contributed by atoms with Crippen molar-refractivity contribution in [2.24, 2.45) is 0 Å². The molecule has 0 saturated carbocycles. The van der Waals surface area contributed by atoms with Crippen LogP contribution >= 0.6 is 0 Å². The lowest BCUT2D eigenvalue weighted by Crippen LogP contribution is -2.46. The molecule has 2 rings (SSSR count). The first-order valence-electron chi connectivity index (χ1n) is 8.82. The number of benzene rings is 1. The van der Waals surface area contributed by atoms with Crippen LogP contribution in [0.2, 0.25) is 0 Å². The van der Waals surface area contributed by atoms with Crippen LogP contribution in [0.4, 0.5) is 0 Å². The van der Waals surface area contributed by atoms with Crippen LogP contribution in [0.5, 0.6) is 5.75 Å². The molecule has 0 spiro atoms. The average Bonchev–Trinajstić information content (AvgIpc) is 2.56. The van der Waals surface area contributed by atoms with E-state index in [0.29, 0.717) is 19.1 Å². The SMILES string of the molecule is CCCN(C(=O)CCOc1cc(C)ccc1C)C1CCNCC1. The van der Waals surface area contributed by atoms with Crippen LogP contribution in [0.15, 0.2) is 18.2 Å². The Labute approximate surface area is 140 Å². The van der Waals surface area contributed by atoms with Gasteiger partial charge in [-0.15, -0.1) is 0 Å². The predicted molar refractivity (Wildman–Crippen MR) is 93.9 cm³/mol. The van der Waals surface area contributed by atoms with Crippen molar-refractivity contribution in [1.29, 1.82) is 0 Å². The van der Waals surface area contributed by atoms with Gasteiger partial charge in [0.15, 0.2) is 0 Å². The second-order valence-corrected chi connectivity index (χ2v) is 6.44. The van der Waals surface area contributed by atoms with Gasteiger partial charge in [-0.05, 0) is 63.4 Å². The van der Waals surface area contributed by atoms with Gasteiger partial charge in [0, 0.05) is 12.6 Å². The highest BCUT2D eigenvalue weighted by Gasteiger charge is 2.24. The molecule has 1 saturated heterocycles. The van der Waals surface area contributed by atoms with E-state index in [9.17, 15) is 4.79 Å². The zero-order valence-electron chi connectivity index (χ0n) is 14.7. The minimum absolute atomic E-state index is 0.226. The van der Waals surface area contributed by atoms with Crippen molar-refractivity contribution < 1.29 is 9.53 Å². The van der Waals surface area contributed by atoms with Crippen LogP contribution in [0.25, 0.3) is 0 Å². The van der Waals surface area contributed by atoms with Gasteiger partial charge in [-0.2, -0.15) is 0 Å². The summed E-state index contributed by atoms with van der Waals surface area (Å²) in [7, 11) is 0. The van der Waals surface area contributed by atoms with E-state index in [0.717, 1.165) is 50.2 Å². The van der Waals surface area contributed by atoms with Crippen molar-refractivity contribution in [3.8, 4) is 5.75 Å². The second kappa shape index (κ2) is 8.92. The summed E-state index contributed by atoms with van der Waals surface area (Å²) in [5.74, 6) is 1.12. The van der Waals surface area contributed by atoms with Crippen molar-refractivity contribution in [2.75, 3.05) is 26.2 Å². The van der Waals surface area contributed by atoms with Gasteiger partial charge in [-0.25, -0.2) is 0 Å². The van der Waals surface area contributed by atoms with E-state index >= 15 is 0 Å². The molecule has 4 heteroatoms. The molecule has 1 heterocycles. The van der Waals surface area contributed by atoms with E-state index in [2.05, 4.69) is 36.2 Å². The van der Waals surface area contributed by atoms with Crippen molar-refractivity contribution >= 4 is 5.91 Å². The number of rotatable bonds is 7. The number of piperidine rings is 1. The molecule has 1 N–H and O–H groups in total. The Morgan fingerprint density at radius 1 is 1.30 bits per heavy atom. The maximum absolute atomic E-state index is 12.6. The summed E-state index contributed by atoms with van der Waals surface area (Å²) in [5, 5.41) is 3.36. The van der Waals surface area contributed by atoms with Crippen LogP contribution in [0.1, 0.15) is 43.7 Å². The lowest BCUT2D eigenvalue weighted by molar-refractivity contribution is -0.134. The van der Waals surface area contributed by atoms with Gasteiger partial charge < -0.3 is 15.0 Å². The van der Waals surface area contributed by atoms with Gasteiger partial charge in [0.05, 0.1) is 13.0 Å². The molecule has 1 aromatic carbocycles. The first-order valence-corrected chi connectivity index (χ1v) is 8.82. The largest absolute Gasteiger partial charge is 0.493 e. The summed E-state index contributed by atoms with van der Waals surface area (Å²) in [6.45, 7) is 9.55. The van der Waals surface area contributed by atoms with Crippen LogP contribution in [-0.4, -0.2) is 43.1 Å². The fraction of sp³-hybridized carbons (Fsp3) is 0.632. The highest BCUT2D eigenvalue weighted by Crippen LogP contribution is 2.20. The third-order valence-electron chi connectivity index (χ3n) is 4.45. The molecular weight excluding hydrogens is 288 g/mol. The molecule has 1 aliphatic rings. The summed E-state index contributed by atoms with van der Waals surface area (Å²) in [6.07, 6.45) is 3.58. The minimum atomic E-state index is 0.226. The molecule has 0 unspecified atom stereocenters. The van der Waals surface area contributed by atoms with Crippen LogP contribution in [0, 0.1) is 13.8 Å². The first-order chi connectivity index (χ1) is 11.1. The smallest absolute Gasteiger partial charge is 0.226 e. The molecule has 1 aromatic rings. The lowest BCUT2D eigenvalue weighted by Gasteiger charge is -2.34. The van der Waals surface area contributed by atoms with Crippen molar-refractivity contribution in [3.63, 3.8) is 0 Å². The fourth-order valence-electron chi connectivity index (χ4n) is 3.12. The molecule has 23 heavy (non-hydrogen) atoms. The van der Waals surface area contributed by atoms with Crippen LogP contribution in [-0.2, 0) is 4.79 Å². The molecule has 0 bridgehead atoms. The maximum atomic E-state index is 12.6.